The second-order valence-corrected chi connectivity index (χ2v) is 31.0. The molecule has 37 nitrogen and oxygen atoms in total. The highest BCUT2D eigenvalue weighted by molar-refractivity contribution is 9.09. The van der Waals surface area contributed by atoms with Crippen molar-refractivity contribution in [3.05, 3.63) is 179 Å². The van der Waals surface area contributed by atoms with E-state index in [4.69, 9.17) is 118 Å². The number of ether oxygens (including phenoxy) is 25. The second-order valence-electron chi connectivity index (χ2n) is 30.3. The van der Waals surface area contributed by atoms with Gasteiger partial charge < -0.3 is 129 Å². The standard InChI is InChI=1S/C91H117BrN2O35/c1-56-76(114-50-66-28-18-12-19-29-66)82(115-51-67-30-20-13-21-31-67)84(116-52-68-32-22-14-23-33-68)88(118-56)127-80-75(94-58(3)96)87(112-47-46-110-45-44-109-43-42-108-41-40-107-39-38-106-37-36-92)124-71(53-111-49-65-26-16-11-17-27-65)77(80)126-89-85(123-64(9)102)83(79(122-63(8)101)73(125-89)55-117-86(103)69-34-24-15-25-35-69)129-91(90(104)105-10)48-70(119-60(5)98)74(93-57(2)95)81(128-91)78(121-62(7)100)72(120-61(6)99)54-113-59(4)97/h11-35,56,70-85,87-89H,36-55H2,1-10H3,(H,93,95)(H,94,96)/t56-,70-,71+,72+,73+,74+,75+,76+,77+,78+,79-,80+,81+,82+,83-,84-,85+,87+,88-,89-,91-/m0/s1. The van der Waals surface area contributed by atoms with Gasteiger partial charge in [0.15, 0.2) is 43.3 Å². The monoisotopic (exact) mass is 1880 g/mol. The van der Waals surface area contributed by atoms with Crippen molar-refractivity contribution >= 4 is 75.5 Å². The molecule has 0 aromatic heterocycles. The van der Waals surface area contributed by atoms with Crippen molar-refractivity contribution in [3.8, 4) is 0 Å². The van der Waals surface area contributed by atoms with Gasteiger partial charge in [-0.15, -0.1) is 0 Å². The Labute approximate surface area is 756 Å². The van der Waals surface area contributed by atoms with Gasteiger partial charge in [-0.3, -0.25) is 38.4 Å². The predicted octanol–water partition coefficient (Wildman–Crippen LogP) is 6.55. The molecule has 38 heteroatoms. The van der Waals surface area contributed by atoms with Crippen LogP contribution in [0.4, 0.5) is 0 Å². The summed E-state index contributed by atoms with van der Waals surface area (Å²) in [5.41, 5.74) is 2.99. The number of alkyl halides is 1. The first-order valence-corrected chi connectivity index (χ1v) is 43.5. The van der Waals surface area contributed by atoms with Crippen molar-refractivity contribution in [2.75, 3.05) is 105 Å². The highest BCUT2D eigenvalue weighted by Crippen LogP contribution is 2.44. The number of hydrogen-bond donors (Lipinski definition) is 2. The Bertz CT molecular complexity index is 4250. The summed E-state index contributed by atoms with van der Waals surface area (Å²) in [6, 6.07) is 41.3. The molecule has 0 saturated carbocycles. The van der Waals surface area contributed by atoms with Crippen LogP contribution in [0.2, 0.25) is 0 Å². The molecule has 0 aliphatic carbocycles. The van der Waals surface area contributed by atoms with Gasteiger partial charge in [0, 0.05) is 60.7 Å². The molecule has 4 saturated heterocycles. The highest BCUT2D eigenvalue weighted by atomic mass is 79.9. The van der Waals surface area contributed by atoms with E-state index in [-0.39, 0.29) is 71.6 Å². The van der Waals surface area contributed by atoms with Gasteiger partial charge in [-0.05, 0) is 41.3 Å². The highest BCUT2D eigenvalue weighted by Gasteiger charge is 2.65. The largest absolute Gasteiger partial charge is 0.465 e. The Balaban J connectivity index is 1.22. The molecule has 21 atom stereocenters. The number of benzene rings is 5. The molecule has 5 aromatic rings. The van der Waals surface area contributed by atoms with Crippen molar-refractivity contribution in [3.63, 3.8) is 0 Å². The Kier molecular flexibility index (Phi) is 43.6. The summed E-state index contributed by atoms with van der Waals surface area (Å²) in [7, 11) is 0.885. The summed E-state index contributed by atoms with van der Waals surface area (Å²) in [4.78, 5) is 140. The Morgan fingerprint density at radius 2 is 0.868 bits per heavy atom. The molecule has 5 aromatic carbocycles. The van der Waals surface area contributed by atoms with Crippen LogP contribution >= 0.6 is 15.9 Å². The van der Waals surface area contributed by atoms with Crippen molar-refractivity contribution in [1.82, 2.24) is 10.6 Å². The summed E-state index contributed by atoms with van der Waals surface area (Å²) in [6.07, 6.45) is -32.6. The molecule has 0 bridgehead atoms. The van der Waals surface area contributed by atoms with E-state index in [0.717, 1.165) is 72.0 Å². The first kappa shape index (κ1) is 103. The van der Waals surface area contributed by atoms with Gasteiger partial charge in [0.25, 0.3) is 5.79 Å². The quantitative estimate of drug-likeness (QED) is 0.0180. The number of carbonyl (C=O) groups excluding carboxylic acids is 10. The minimum Gasteiger partial charge on any atom is -0.465 e. The number of carbonyl (C=O) groups is 10. The maximum Gasteiger partial charge on any atom is 0.366 e. The first-order valence-electron chi connectivity index (χ1n) is 42.3. The normalized spacial score (nSPS) is 26.0. The molecule has 0 spiro atoms. The number of methoxy groups -OCH3 is 1. The summed E-state index contributed by atoms with van der Waals surface area (Å²) < 4.78 is 160. The summed E-state index contributed by atoms with van der Waals surface area (Å²) in [5.74, 6) is -13.7. The number of esters is 8. The predicted molar refractivity (Wildman–Crippen MR) is 452 cm³/mol. The van der Waals surface area contributed by atoms with E-state index in [0.29, 0.717) is 44.2 Å². The van der Waals surface area contributed by atoms with E-state index in [9.17, 15) is 43.2 Å². The second kappa shape index (κ2) is 54.4. The van der Waals surface area contributed by atoms with Crippen molar-refractivity contribution < 1.29 is 166 Å². The number of amides is 2. The van der Waals surface area contributed by atoms with Crippen LogP contribution in [0.25, 0.3) is 0 Å². The summed E-state index contributed by atoms with van der Waals surface area (Å²) in [6.45, 7) is 10.0. The van der Waals surface area contributed by atoms with E-state index in [1.807, 2.05) is 109 Å². The van der Waals surface area contributed by atoms with Crippen LogP contribution in [0.5, 0.6) is 0 Å². The number of halogens is 1. The van der Waals surface area contributed by atoms with Crippen LogP contribution in [0.1, 0.15) is 101 Å². The van der Waals surface area contributed by atoms with Crippen molar-refractivity contribution in [2.24, 2.45) is 0 Å². The maximum atomic E-state index is 15.6. The SMILES string of the molecule is COC(=O)[C@@]1(O[C@H]2[C@@H](OC(C)=O)[C@@H](COC(=O)c3ccccc3)O[C@@H](O[C@H]3[C@H](O[C@@H]4O[C@@H](C)[C@@H](OCc5ccccc5)[C@@H](OCc5ccccc5)[C@@H]4OCc4ccccc4)[C@@H](NC(C)=O)[C@H](OCCOCCOCCOCCOCCOCCBr)O[C@@H]3COCc3ccccc3)[C@@H]2OC(C)=O)C[C@H](OC(C)=O)[C@@H](NC(C)=O)[C@H]([C@H](OC(C)=O)[C@@H](COC(C)=O)OC(C)=O)O1. The molecule has 4 fully saturated rings. The fourth-order valence-corrected chi connectivity index (χ4v) is 15.0. The molecular weight excluding hydrogens is 1760 g/mol. The lowest BCUT2D eigenvalue weighted by Crippen LogP contribution is -2.72. The van der Waals surface area contributed by atoms with E-state index >= 15 is 4.79 Å². The molecule has 0 unspecified atom stereocenters. The Morgan fingerprint density at radius 1 is 0.419 bits per heavy atom. The molecule has 4 aliphatic heterocycles. The average Bonchev–Trinajstić information content (AvgIpc) is 0.739. The Morgan fingerprint density at radius 3 is 1.36 bits per heavy atom. The molecule has 0 radical (unpaired) electrons. The van der Waals surface area contributed by atoms with Crippen LogP contribution in [0.15, 0.2) is 152 Å². The minimum absolute atomic E-state index is 0.0000837. The van der Waals surface area contributed by atoms with E-state index in [2.05, 4.69) is 26.6 Å². The van der Waals surface area contributed by atoms with Gasteiger partial charge in [-0.2, -0.15) is 0 Å². The summed E-state index contributed by atoms with van der Waals surface area (Å²) >= 11 is 3.32. The minimum atomic E-state index is -3.23. The van der Waals surface area contributed by atoms with Crippen LogP contribution in [-0.2, 0) is 188 Å². The topological polar surface area (TPSA) is 426 Å². The molecule has 9 rings (SSSR count). The third-order valence-electron chi connectivity index (χ3n) is 20.2. The zero-order valence-corrected chi connectivity index (χ0v) is 75.4. The van der Waals surface area contributed by atoms with E-state index in [1.165, 1.54) is 19.1 Å². The lowest BCUT2D eigenvalue weighted by molar-refractivity contribution is -0.394. The lowest BCUT2D eigenvalue weighted by atomic mass is 9.87. The molecule has 2 amide bonds. The number of nitrogens with one attached hydrogen (secondary N) is 2. The molecule has 129 heavy (non-hydrogen) atoms. The molecule has 708 valence electrons. The zero-order chi connectivity index (χ0) is 92.6. The van der Waals surface area contributed by atoms with Crippen LogP contribution in [-0.4, -0.2) is 293 Å². The molecular formula is C91H117BrN2O35. The summed E-state index contributed by atoms with van der Waals surface area (Å²) in [5, 5.41) is 6.32. The van der Waals surface area contributed by atoms with Gasteiger partial charge in [-0.25, -0.2) is 9.59 Å². The lowest BCUT2D eigenvalue weighted by Gasteiger charge is -2.53. The van der Waals surface area contributed by atoms with E-state index < -0.39 is 214 Å². The Hall–Kier alpha value is -9.40. The van der Waals surface area contributed by atoms with Crippen molar-refractivity contribution in [2.45, 2.75) is 223 Å². The van der Waals surface area contributed by atoms with Crippen LogP contribution < -0.4 is 10.6 Å². The van der Waals surface area contributed by atoms with Gasteiger partial charge >= 0.3 is 47.8 Å². The fourth-order valence-electron chi connectivity index (χ4n) is 14.8. The maximum absolute atomic E-state index is 15.6. The molecule has 4 heterocycles. The number of hydrogen-bond acceptors (Lipinski definition) is 35. The van der Waals surface area contributed by atoms with Gasteiger partial charge in [0.1, 0.15) is 80.3 Å². The van der Waals surface area contributed by atoms with Crippen LogP contribution in [0, 0.1) is 0 Å². The smallest absolute Gasteiger partial charge is 0.366 e. The zero-order valence-electron chi connectivity index (χ0n) is 73.8. The number of rotatable bonds is 52. The van der Waals surface area contributed by atoms with Crippen molar-refractivity contribution in [1.29, 1.82) is 0 Å². The molecule has 4 aliphatic rings. The fraction of sp³-hybridized carbons (Fsp3) is 0.560. The average molecular weight is 1880 g/mol. The first-order chi connectivity index (χ1) is 62.2. The van der Waals surface area contributed by atoms with Crippen LogP contribution in [0.3, 0.4) is 0 Å². The van der Waals surface area contributed by atoms with Gasteiger partial charge in [-0.1, -0.05) is 155 Å². The third kappa shape index (κ3) is 33.4. The van der Waals surface area contributed by atoms with Gasteiger partial charge in [0.05, 0.1) is 137 Å². The molecule has 2 N–H and O–H groups in total. The third-order valence-corrected chi connectivity index (χ3v) is 20.5. The van der Waals surface area contributed by atoms with Gasteiger partial charge in [0.2, 0.25) is 11.8 Å². The van der Waals surface area contributed by atoms with E-state index in [1.54, 1.807) is 37.3 Å².